The summed E-state index contributed by atoms with van der Waals surface area (Å²) < 4.78 is 4.53. The zero-order valence-electron chi connectivity index (χ0n) is 16.3. The molecule has 2 aromatic carbocycles. The molecule has 0 heterocycles. The van der Waals surface area contributed by atoms with E-state index in [-0.39, 0.29) is 5.78 Å². The Kier molecular flexibility index (Phi) is 7.79. The molecule has 0 radical (unpaired) electrons. The van der Waals surface area contributed by atoms with E-state index in [4.69, 9.17) is 5.73 Å². The lowest BCUT2D eigenvalue weighted by Gasteiger charge is -2.21. The number of benzene rings is 2. The van der Waals surface area contributed by atoms with E-state index in [9.17, 15) is 14.4 Å². The van der Waals surface area contributed by atoms with Crippen molar-refractivity contribution >= 4 is 46.2 Å². The molecular formula is C20H22N4O4S. The van der Waals surface area contributed by atoms with Crippen molar-refractivity contribution in [3.63, 3.8) is 0 Å². The van der Waals surface area contributed by atoms with Gasteiger partial charge in [-0.25, -0.2) is 9.59 Å². The fourth-order valence-corrected chi connectivity index (χ4v) is 3.00. The van der Waals surface area contributed by atoms with Crippen molar-refractivity contribution in [1.29, 1.82) is 0 Å². The first-order valence-electron chi connectivity index (χ1n) is 8.69. The Balaban J connectivity index is 2.37. The average molecular weight is 414 g/mol. The molecule has 152 valence electrons. The molecular weight excluding hydrogens is 392 g/mol. The van der Waals surface area contributed by atoms with Crippen molar-refractivity contribution < 1.29 is 19.1 Å². The number of ether oxygens (including phenoxy) is 1. The van der Waals surface area contributed by atoms with Crippen LogP contribution in [0.3, 0.4) is 0 Å². The number of hydrogen-bond acceptors (Lipinski definition) is 5. The summed E-state index contributed by atoms with van der Waals surface area (Å²) in [6, 6.07) is 12.9. The third-order valence-electron chi connectivity index (χ3n) is 3.96. The first-order valence-corrected chi connectivity index (χ1v) is 9.92. The molecule has 9 heteroatoms. The summed E-state index contributed by atoms with van der Waals surface area (Å²) in [5.41, 5.74) is 7.23. The maximum absolute atomic E-state index is 13.1. The number of amidine groups is 1. The Morgan fingerprint density at radius 2 is 1.90 bits per heavy atom. The third-order valence-corrected chi connectivity index (χ3v) is 4.54. The standard InChI is InChI=1S/C20H22N4O4S/c1-4-24(18(21)26)16-11-6-5-10-15(16)17(25)13-8-7-9-14(12-13)22-19(29-3)23-20(27)28-2/h5-12H,4H2,1-3H3,(H2,21,26)(H,22,23,27). The maximum atomic E-state index is 13.1. The minimum atomic E-state index is -0.728. The predicted octanol–water partition coefficient (Wildman–Crippen LogP) is 3.72. The number of para-hydroxylation sites is 1. The zero-order valence-corrected chi connectivity index (χ0v) is 17.2. The van der Waals surface area contributed by atoms with Crippen LogP contribution in [0.1, 0.15) is 22.8 Å². The molecule has 0 bridgehead atoms. The molecule has 0 aliphatic heterocycles. The largest absolute Gasteiger partial charge is 0.451 e. The van der Waals surface area contributed by atoms with Crippen LogP contribution in [-0.4, -0.2) is 43.0 Å². The van der Waals surface area contributed by atoms with Crippen LogP contribution in [0.2, 0.25) is 0 Å². The lowest BCUT2D eigenvalue weighted by Crippen LogP contribution is -2.36. The highest BCUT2D eigenvalue weighted by molar-refractivity contribution is 8.13. The first kappa shape index (κ1) is 22.0. The van der Waals surface area contributed by atoms with Gasteiger partial charge in [0.15, 0.2) is 11.0 Å². The number of ketones is 1. The second kappa shape index (κ2) is 10.3. The van der Waals surface area contributed by atoms with E-state index < -0.39 is 12.1 Å². The Labute approximate surface area is 173 Å². The summed E-state index contributed by atoms with van der Waals surface area (Å²) in [6.07, 6.45) is 1.03. The SMILES string of the molecule is CCN(C(N)=O)c1ccccc1C(=O)c1cccc(NC(=NC(=O)OC)SC)c1. The normalized spacial score (nSPS) is 10.9. The first-order chi connectivity index (χ1) is 13.9. The molecule has 0 aliphatic rings. The molecule has 0 aliphatic carbocycles. The van der Waals surface area contributed by atoms with Crippen molar-refractivity contribution in [2.24, 2.45) is 10.7 Å². The summed E-state index contributed by atoms with van der Waals surface area (Å²) >= 11 is 1.23. The van der Waals surface area contributed by atoms with E-state index in [1.807, 2.05) is 0 Å². The Hall–Kier alpha value is -3.33. The number of methoxy groups -OCH3 is 1. The van der Waals surface area contributed by atoms with Crippen molar-refractivity contribution in [3.8, 4) is 0 Å². The number of hydrogen-bond donors (Lipinski definition) is 2. The number of nitrogens with two attached hydrogens (primary N) is 1. The molecule has 3 amide bonds. The topological polar surface area (TPSA) is 114 Å². The van der Waals surface area contributed by atoms with Gasteiger partial charge >= 0.3 is 12.1 Å². The molecule has 0 atom stereocenters. The van der Waals surface area contributed by atoms with Crippen LogP contribution in [0.25, 0.3) is 0 Å². The van der Waals surface area contributed by atoms with E-state index in [1.165, 1.54) is 23.8 Å². The number of anilines is 2. The van der Waals surface area contributed by atoms with Gasteiger partial charge in [0.1, 0.15) is 0 Å². The number of thioether (sulfide) groups is 1. The average Bonchev–Trinajstić information content (AvgIpc) is 2.73. The molecule has 0 spiro atoms. The molecule has 2 aromatic rings. The third kappa shape index (κ3) is 5.58. The van der Waals surface area contributed by atoms with Crippen molar-refractivity contribution in [2.75, 3.05) is 30.1 Å². The minimum Gasteiger partial charge on any atom is -0.451 e. The highest BCUT2D eigenvalue weighted by Crippen LogP contribution is 2.24. The fraction of sp³-hybridized carbons (Fsp3) is 0.200. The number of amides is 3. The Morgan fingerprint density at radius 3 is 2.52 bits per heavy atom. The summed E-state index contributed by atoms with van der Waals surface area (Å²) in [4.78, 5) is 41.3. The Morgan fingerprint density at radius 1 is 1.17 bits per heavy atom. The van der Waals surface area contributed by atoms with Gasteiger partial charge in [-0.2, -0.15) is 4.99 Å². The van der Waals surface area contributed by atoms with Crippen LogP contribution in [0, 0.1) is 0 Å². The number of carbonyl (C=O) groups excluding carboxylic acids is 3. The minimum absolute atomic E-state index is 0.264. The van der Waals surface area contributed by atoms with Crippen molar-refractivity contribution in [1.82, 2.24) is 0 Å². The van der Waals surface area contributed by atoms with Crippen LogP contribution in [0.15, 0.2) is 53.5 Å². The summed E-state index contributed by atoms with van der Waals surface area (Å²) in [5, 5.41) is 3.31. The van der Waals surface area contributed by atoms with E-state index in [0.717, 1.165) is 0 Å². The van der Waals surface area contributed by atoms with Crippen LogP contribution in [0.4, 0.5) is 21.0 Å². The predicted molar refractivity (Wildman–Crippen MR) is 116 cm³/mol. The highest BCUT2D eigenvalue weighted by atomic mass is 32.2. The summed E-state index contributed by atoms with van der Waals surface area (Å²) in [7, 11) is 1.24. The van der Waals surface area contributed by atoms with Gasteiger partial charge in [-0.05, 0) is 37.4 Å². The van der Waals surface area contributed by atoms with Crippen LogP contribution in [0.5, 0.6) is 0 Å². The lowest BCUT2D eigenvalue weighted by atomic mass is 10.0. The van der Waals surface area contributed by atoms with Gasteiger partial charge < -0.3 is 15.8 Å². The number of carbonyl (C=O) groups is 3. The molecule has 2 rings (SSSR count). The van der Waals surface area contributed by atoms with Crippen molar-refractivity contribution in [2.45, 2.75) is 6.92 Å². The van der Waals surface area contributed by atoms with Gasteiger partial charge in [-0.15, -0.1) is 0 Å². The molecule has 0 aromatic heterocycles. The number of rotatable bonds is 5. The number of primary amides is 1. The lowest BCUT2D eigenvalue weighted by molar-refractivity contribution is 0.103. The van der Waals surface area contributed by atoms with Crippen molar-refractivity contribution in [3.05, 3.63) is 59.7 Å². The Bertz CT molecular complexity index is 946. The van der Waals surface area contributed by atoms with E-state index >= 15 is 0 Å². The molecule has 8 nitrogen and oxygen atoms in total. The second-order valence-electron chi connectivity index (χ2n) is 5.73. The van der Waals surface area contributed by atoms with E-state index in [2.05, 4.69) is 15.0 Å². The number of aliphatic imine (C=N–C) groups is 1. The zero-order chi connectivity index (χ0) is 21.4. The van der Waals surface area contributed by atoms with Gasteiger partial charge in [0, 0.05) is 23.4 Å². The number of urea groups is 1. The number of nitrogens with zero attached hydrogens (tertiary/aromatic N) is 2. The van der Waals surface area contributed by atoms with Gasteiger partial charge in [-0.1, -0.05) is 36.0 Å². The molecule has 3 N–H and O–H groups in total. The quantitative estimate of drug-likeness (QED) is 0.438. The van der Waals surface area contributed by atoms with Gasteiger partial charge in [0.2, 0.25) is 0 Å². The van der Waals surface area contributed by atoms with E-state index in [0.29, 0.717) is 34.2 Å². The number of nitrogens with one attached hydrogen (secondary N) is 1. The summed E-state index contributed by atoms with van der Waals surface area (Å²) in [5.74, 6) is -0.264. The smallest absolute Gasteiger partial charge is 0.435 e. The van der Waals surface area contributed by atoms with Crippen LogP contribution >= 0.6 is 11.8 Å². The molecule has 29 heavy (non-hydrogen) atoms. The van der Waals surface area contributed by atoms with Gasteiger partial charge in [0.25, 0.3) is 0 Å². The monoisotopic (exact) mass is 414 g/mol. The van der Waals surface area contributed by atoms with Gasteiger partial charge in [-0.3, -0.25) is 9.69 Å². The molecule has 0 saturated heterocycles. The van der Waals surface area contributed by atoms with Crippen LogP contribution < -0.4 is 16.0 Å². The fourth-order valence-electron chi connectivity index (χ4n) is 2.62. The van der Waals surface area contributed by atoms with E-state index in [1.54, 1.807) is 61.7 Å². The molecule has 0 fully saturated rings. The highest BCUT2D eigenvalue weighted by Gasteiger charge is 2.20. The van der Waals surface area contributed by atoms with Gasteiger partial charge in [0.05, 0.1) is 12.8 Å². The summed E-state index contributed by atoms with van der Waals surface area (Å²) in [6.45, 7) is 2.11. The maximum Gasteiger partial charge on any atom is 0.435 e. The second-order valence-corrected chi connectivity index (χ2v) is 6.52. The molecule has 0 unspecified atom stereocenters. The molecule has 0 saturated carbocycles. The van der Waals surface area contributed by atoms with Crippen LogP contribution in [-0.2, 0) is 4.74 Å².